The maximum atomic E-state index is 13.4. The third-order valence-corrected chi connectivity index (χ3v) is 2.40. The summed E-state index contributed by atoms with van der Waals surface area (Å²) in [5, 5.41) is 0. The van der Waals surface area contributed by atoms with Crippen molar-refractivity contribution in [2.45, 2.75) is 13.8 Å². The van der Waals surface area contributed by atoms with E-state index in [0.717, 1.165) is 5.56 Å². The number of rotatable bonds is 1. The van der Waals surface area contributed by atoms with Crippen LogP contribution in [0.15, 0.2) is 24.3 Å². The molecule has 2 rings (SSSR count). The first-order valence-corrected chi connectivity index (χ1v) is 4.94. The summed E-state index contributed by atoms with van der Waals surface area (Å²) in [4.78, 5) is 8.23. The molecule has 82 valence electrons. The van der Waals surface area contributed by atoms with Crippen LogP contribution in [0.3, 0.4) is 0 Å². The van der Waals surface area contributed by atoms with Crippen molar-refractivity contribution in [2.75, 3.05) is 5.73 Å². The van der Waals surface area contributed by atoms with Gasteiger partial charge in [0.2, 0.25) is 0 Å². The van der Waals surface area contributed by atoms with Crippen molar-refractivity contribution >= 4 is 5.82 Å². The van der Waals surface area contributed by atoms with Gasteiger partial charge in [-0.05, 0) is 25.5 Å². The molecule has 4 heteroatoms. The normalized spacial score (nSPS) is 10.4. The second-order valence-electron chi connectivity index (χ2n) is 3.64. The van der Waals surface area contributed by atoms with Crippen LogP contribution in [0.25, 0.3) is 11.3 Å². The fourth-order valence-electron chi connectivity index (χ4n) is 1.61. The molecule has 0 aliphatic heterocycles. The van der Waals surface area contributed by atoms with Crippen molar-refractivity contribution < 1.29 is 4.39 Å². The monoisotopic (exact) mass is 217 g/mol. The molecular formula is C12H12FN3. The van der Waals surface area contributed by atoms with Crippen LogP contribution < -0.4 is 5.73 Å². The van der Waals surface area contributed by atoms with Crippen molar-refractivity contribution in [3.8, 4) is 11.3 Å². The molecule has 0 fully saturated rings. The number of aryl methyl sites for hydroxylation is 1. The number of anilines is 1. The van der Waals surface area contributed by atoms with Crippen LogP contribution in [0.5, 0.6) is 0 Å². The summed E-state index contributed by atoms with van der Waals surface area (Å²) < 4.78 is 13.4. The van der Waals surface area contributed by atoms with Crippen LogP contribution in [0, 0.1) is 19.7 Å². The summed E-state index contributed by atoms with van der Waals surface area (Å²) in [5.41, 5.74) is 7.61. The van der Waals surface area contributed by atoms with Gasteiger partial charge in [-0.25, -0.2) is 14.4 Å². The topological polar surface area (TPSA) is 51.8 Å². The van der Waals surface area contributed by atoms with Gasteiger partial charge in [0.1, 0.15) is 17.5 Å². The number of benzene rings is 1. The van der Waals surface area contributed by atoms with Gasteiger partial charge in [0.25, 0.3) is 0 Å². The molecule has 0 spiro atoms. The minimum absolute atomic E-state index is 0.243. The Morgan fingerprint density at radius 3 is 2.62 bits per heavy atom. The first kappa shape index (κ1) is 10.5. The van der Waals surface area contributed by atoms with Gasteiger partial charge in [0.05, 0.1) is 5.69 Å². The van der Waals surface area contributed by atoms with Crippen LogP contribution in [-0.4, -0.2) is 9.97 Å². The summed E-state index contributed by atoms with van der Waals surface area (Å²) in [6.07, 6.45) is 0. The zero-order valence-corrected chi connectivity index (χ0v) is 9.16. The third-order valence-electron chi connectivity index (χ3n) is 2.40. The Hall–Kier alpha value is -1.97. The Balaban J connectivity index is 2.63. The smallest absolute Gasteiger partial charge is 0.128 e. The highest BCUT2D eigenvalue weighted by Crippen LogP contribution is 2.24. The Morgan fingerprint density at radius 1 is 1.19 bits per heavy atom. The number of hydrogen-bond donors (Lipinski definition) is 1. The molecule has 0 radical (unpaired) electrons. The lowest BCUT2D eigenvalue weighted by Gasteiger charge is -2.07. The second-order valence-corrected chi connectivity index (χ2v) is 3.64. The van der Waals surface area contributed by atoms with E-state index in [-0.39, 0.29) is 5.82 Å². The Kier molecular flexibility index (Phi) is 2.56. The predicted molar refractivity (Wildman–Crippen MR) is 61.3 cm³/mol. The lowest BCUT2D eigenvalue weighted by Crippen LogP contribution is -1.98. The largest absolute Gasteiger partial charge is 0.384 e. The van der Waals surface area contributed by atoms with E-state index in [1.807, 2.05) is 6.07 Å². The quantitative estimate of drug-likeness (QED) is 0.798. The highest BCUT2D eigenvalue weighted by atomic mass is 19.1. The number of nitrogens with zero attached hydrogens (tertiary/aromatic N) is 2. The summed E-state index contributed by atoms with van der Waals surface area (Å²) in [5.74, 6) is 0.733. The van der Waals surface area contributed by atoms with Gasteiger partial charge in [0, 0.05) is 11.6 Å². The molecule has 1 heterocycles. The molecule has 0 amide bonds. The van der Waals surface area contributed by atoms with E-state index < -0.39 is 0 Å². The zero-order chi connectivity index (χ0) is 11.7. The van der Waals surface area contributed by atoms with Gasteiger partial charge in [-0.15, -0.1) is 0 Å². The highest BCUT2D eigenvalue weighted by molar-refractivity contribution is 5.65. The first-order valence-electron chi connectivity index (χ1n) is 4.94. The van der Waals surface area contributed by atoms with Crippen molar-refractivity contribution in [1.82, 2.24) is 9.97 Å². The van der Waals surface area contributed by atoms with Crippen molar-refractivity contribution in [1.29, 1.82) is 0 Å². The van der Waals surface area contributed by atoms with Crippen molar-refractivity contribution in [3.05, 3.63) is 41.5 Å². The number of hydrogen-bond acceptors (Lipinski definition) is 3. The SMILES string of the molecule is Cc1nc(N)cc(-c2cccc(F)c2C)n1. The van der Waals surface area contributed by atoms with Crippen LogP contribution in [0.2, 0.25) is 0 Å². The molecule has 0 saturated carbocycles. The Morgan fingerprint density at radius 2 is 1.94 bits per heavy atom. The molecule has 0 unspecified atom stereocenters. The molecule has 0 aliphatic carbocycles. The lowest BCUT2D eigenvalue weighted by atomic mass is 10.1. The number of halogens is 1. The fraction of sp³-hybridized carbons (Fsp3) is 0.167. The number of nitrogens with two attached hydrogens (primary N) is 1. The molecule has 0 aliphatic rings. The van der Waals surface area contributed by atoms with E-state index >= 15 is 0 Å². The van der Waals surface area contributed by atoms with Crippen LogP contribution >= 0.6 is 0 Å². The lowest BCUT2D eigenvalue weighted by molar-refractivity contribution is 0.619. The number of aromatic nitrogens is 2. The predicted octanol–water partition coefficient (Wildman–Crippen LogP) is 2.48. The van der Waals surface area contributed by atoms with E-state index in [1.54, 1.807) is 26.0 Å². The molecule has 2 aromatic rings. The fourth-order valence-corrected chi connectivity index (χ4v) is 1.61. The molecular weight excluding hydrogens is 205 g/mol. The van der Waals surface area contributed by atoms with Gasteiger partial charge >= 0.3 is 0 Å². The molecule has 16 heavy (non-hydrogen) atoms. The van der Waals surface area contributed by atoms with Gasteiger partial charge in [-0.3, -0.25) is 0 Å². The van der Waals surface area contributed by atoms with E-state index in [2.05, 4.69) is 9.97 Å². The molecule has 3 nitrogen and oxygen atoms in total. The van der Waals surface area contributed by atoms with Crippen LogP contribution in [0.1, 0.15) is 11.4 Å². The second kappa shape index (κ2) is 3.89. The average Bonchev–Trinajstić information content (AvgIpc) is 2.20. The van der Waals surface area contributed by atoms with Gasteiger partial charge in [-0.2, -0.15) is 0 Å². The number of nitrogen functional groups attached to an aromatic ring is 1. The molecule has 2 N–H and O–H groups in total. The van der Waals surface area contributed by atoms with Gasteiger partial charge in [-0.1, -0.05) is 12.1 Å². The summed E-state index contributed by atoms with van der Waals surface area (Å²) in [6.45, 7) is 3.48. The maximum Gasteiger partial charge on any atom is 0.128 e. The first-order chi connectivity index (χ1) is 7.58. The minimum Gasteiger partial charge on any atom is -0.384 e. The van der Waals surface area contributed by atoms with Crippen LogP contribution in [-0.2, 0) is 0 Å². The molecule has 0 atom stereocenters. The van der Waals surface area contributed by atoms with Crippen LogP contribution in [0.4, 0.5) is 10.2 Å². The Labute approximate surface area is 93.2 Å². The minimum atomic E-state index is -0.243. The summed E-state index contributed by atoms with van der Waals surface area (Å²) in [6, 6.07) is 6.55. The van der Waals surface area contributed by atoms with E-state index in [0.29, 0.717) is 22.9 Å². The molecule has 1 aromatic carbocycles. The molecule has 1 aromatic heterocycles. The molecule has 0 saturated heterocycles. The summed E-state index contributed by atoms with van der Waals surface area (Å²) >= 11 is 0. The molecule has 0 bridgehead atoms. The maximum absolute atomic E-state index is 13.4. The van der Waals surface area contributed by atoms with Gasteiger partial charge < -0.3 is 5.73 Å². The van der Waals surface area contributed by atoms with Crippen molar-refractivity contribution in [3.63, 3.8) is 0 Å². The summed E-state index contributed by atoms with van der Waals surface area (Å²) in [7, 11) is 0. The van der Waals surface area contributed by atoms with E-state index in [4.69, 9.17) is 5.73 Å². The zero-order valence-electron chi connectivity index (χ0n) is 9.16. The average molecular weight is 217 g/mol. The highest BCUT2D eigenvalue weighted by Gasteiger charge is 2.08. The third kappa shape index (κ3) is 1.86. The van der Waals surface area contributed by atoms with E-state index in [1.165, 1.54) is 6.07 Å². The van der Waals surface area contributed by atoms with Crippen molar-refractivity contribution in [2.24, 2.45) is 0 Å². The van der Waals surface area contributed by atoms with Gasteiger partial charge in [0.15, 0.2) is 0 Å². The standard InChI is InChI=1S/C12H12FN3/c1-7-9(4-3-5-10(7)13)11-6-12(14)16-8(2)15-11/h3-6H,1-2H3,(H2,14,15,16). The van der Waals surface area contributed by atoms with E-state index in [9.17, 15) is 4.39 Å². The Bertz CT molecular complexity index is 518.